The molecule has 1 heterocycles. The number of halogens is 2. The van der Waals surface area contributed by atoms with Crippen LogP contribution >= 0.6 is 11.6 Å². The van der Waals surface area contributed by atoms with Crippen LogP contribution in [0.25, 0.3) is 0 Å². The van der Waals surface area contributed by atoms with E-state index in [2.05, 4.69) is 4.98 Å². The number of rotatable bonds is 5. The highest BCUT2D eigenvalue weighted by Gasteiger charge is 2.11. The molecule has 0 spiro atoms. The van der Waals surface area contributed by atoms with Gasteiger partial charge in [-0.1, -0.05) is 11.6 Å². The topological polar surface area (TPSA) is 42.4 Å². The van der Waals surface area contributed by atoms with E-state index in [4.69, 9.17) is 16.3 Å². The Balaban J connectivity index is 2.57. The average Bonchev–Trinajstić information content (AvgIpc) is 2.26. The van der Waals surface area contributed by atoms with E-state index in [0.29, 0.717) is 13.2 Å². The summed E-state index contributed by atoms with van der Waals surface area (Å²) < 4.78 is 18.2. The van der Waals surface area contributed by atoms with Crippen LogP contribution in [0.3, 0.4) is 0 Å². The van der Waals surface area contributed by atoms with Crippen LogP contribution in [-0.4, -0.2) is 31.2 Å². The quantitative estimate of drug-likeness (QED) is 0.762. The van der Waals surface area contributed by atoms with Gasteiger partial charge in [0.05, 0.1) is 18.1 Å². The van der Waals surface area contributed by atoms with Crippen molar-refractivity contribution in [3.63, 3.8) is 0 Å². The number of pyridine rings is 1. The van der Waals surface area contributed by atoms with Gasteiger partial charge in [-0.15, -0.1) is 0 Å². The monoisotopic (exact) mass is 260 g/mol. The number of aromatic nitrogens is 1. The van der Waals surface area contributed by atoms with Crippen molar-refractivity contribution in [2.75, 3.05) is 25.1 Å². The molecular formula is C11H14ClFN2O2. The van der Waals surface area contributed by atoms with Gasteiger partial charge in [0.1, 0.15) is 0 Å². The standard InChI is InChI=1S/C11H14ClFN2O2/c1-3-17-10(16)4-5-15(2)11-9(13)6-8(12)7-14-11/h6-7H,3-5H2,1-2H3. The minimum atomic E-state index is -0.510. The van der Waals surface area contributed by atoms with Gasteiger partial charge in [-0.3, -0.25) is 4.79 Å². The average molecular weight is 261 g/mol. The summed E-state index contributed by atoms with van der Waals surface area (Å²) in [6, 6.07) is 1.19. The van der Waals surface area contributed by atoms with Gasteiger partial charge < -0.3 is 9.64 Å². The van der Waals surface area contributed by atoms with Crippen LogP contribution in [0.2, 0.25) is 5.02 Å². The summed E-state index contributed by atoms with van der Waals surface area (Å²) in [5.74, 6) is -0.656. The van der Waals surface area contributed by atoms with Crippen LogP contribution in [0.5, 0.6) is 0 Å². The van der Waals surface area contributed by atoms with E-state index in [1.165, 1.54) is 12.3 Å². The summed E-state index contributed by atoms with van der Waals surface area (Å²) in [7, 11) is 1.65. The van der Waals surface area contributed by atoms with Crippen molar-refractivity contribution in [2.45, 2.75) is 13.3 Å². The lowest BCUT2D eigenvalue weighted by atomic mass is 10.3. The molecule has 0 unspecified atom stereocenters. The highest BCUT2D eigenvalue weighted by atomic mass is 35.5. The molecular weight excluding hydrogens is 247 g/mol. The van der Waals surface area contributed by atoms with Crippen molar-refractivity contribution in [1.82, 2.24) is 4.98 Å². The third-order valence-corrected chi connectivity index (χ3v) is 2.31. The molecule has 0 aliphatic carbocycles. The second-order valence-corrected chi connectivity index (χ2v) is 3.87. The molecule has 0 saturated heterocycles. The Morgan fingerprint density at radius 1 is 1.65 bits per heavy atom. The first-order valence-electron chi connectivity index (χ1n) is 5.22. The van der Waals surface area contributed by atoms with Crippen molar-refractivity contribution >= 4 is 23.4 Å². The van der Waals surface area contributed by atoms with Crippen molar-refractivity contribution in [1.29, 1.82) is 0 Å². The van der Waals surface area contributed by atoms with Crippen molar-refractivity contribution in [3.8, 4) is 0 Å². The summed E-state index contributed by atoms with van der Waals surface area (Å²) in [5, 5.41) is 0.241. The third kappa shape index (κ3) is 4.19. The Bertz CT molecular complexity index is 401. The summed E-state index contributed by atoms with van der Waals surface area (Å²) in [6.07, 6.45) is 1.55. The first-order valence-corrected chi connectivity index (χ1v) is 5.60. The van der Waals surface area contributed by atoms with Crippen molar-refractivity contribution in [3.05, 3.63) is 23.1 Å². The van der Waals surface area contributed by atoms with Crippen molar-refractivity contribution < 1.29 is 13.9 Å². The van der Waals surface area contributed by atoms with Crippen LogP contribution in [-0.2, 0) is 9.53 Å². The first kappa shape index (κ1) is 13.7. The predicted molar refractivity (Wildman–Crippen MR) is 63.7 cm³/mol. The minimum absolute atomic E-state index is 0.165. The summed E-state index contributed by atoms with van der Waals surface area (Å²) in [6.45, 7) is 2.42. The Kier molecular flexibility index (Phi) is 5.15. The maximum Gasteiger partial charge on any atom is 0.307 e. The molecule has 1 aromatic heterocycles. The highest BCUT2D eigenvalue weighted by Crippen LogP contribution is 2.18. The van der Waals surface area contributed by atoms with Gasteiger partial charge in [-0.2, -0.15) is 0 Å². The van der Waals surface area contributed by atoms with E-state index in [-0.39, 0.29) is 23.2 Å². The normalized spacial score (nSPS) is 10.1. The molecule has 1 aromatic rings. The molecule has 17 heavy (non-hydrogen) atoms. The van der Waals surface area contributed by atoms with E-state index >= 15 is 0 Å². The molecule has 0 atom stereocenters. The van der Waals surface area contributed by atoms with Gasteiger partial charge in [0.15, 0.2) is 11.6 Å². The molecule has 0 aromatic carbocycles. The zero-order chi connectivity index (χ0) is 12.8. The summed E-state index contributed by atoms with van der Waals surface area (Å²) in [4.78, 5) is 16.5. The molecule has 0 aliphatic heterocycles. The first-order chi connectivity index (χ1) is 8.04. The van der Waals surface area contributed by atoms with E-state index in [1.807, 2.05) is 0 Å². The van der Waals surface area contributed by atoms with Crippen LogP contribution < -0.4 is 4.90 Å². The number of carbonyl (C=O) groups is 1. The molecule has 0 N–H and O–H groups in total. The lowest BCUT2D eigenvalue weighted by Crippen LogP contribution is -2.23. The van der Waals surface area contributed by atoms with Gasteiger partial charge in [-0.25, -0.2) is 9.37 Å². The lowest BCUT2D eigenvalue weighted by Gasteiger charge is -2.17. The largest absolute Gasteiger partial charge is 0.466 e. The fraction of sp³-hybridized carbons (Fsp3) is 0.455. The summed E-state index contributed by atoms with van der Waals surface area (Å²) >= 11 is 5.60. The van der Waals surface area contributed by atoms with Crippen LogP contribution in [0.15, 0.2) is 12.3 Å². The molecule has 0 fully saturated rings. The number of anilines is 1. The molecule has 0 radical (unpaired) electrons. The smallest absolute Gasteiger partial charge is 0.307 e. The number of nitrogens with zero attached hydrogens (tertiary/aromatic N) is 2. The van der Waals surface area contributed by atoms with Gasteiger partial charge in [0.2, 0.25) is 0 Å². The molecule has 1 rings (SSSR count). The Labute approximate surface area is 104 Å². The number of carbonyl (C=O) groups excluding carboxylic acids is 1. The fourth-order valence-corrected chi connectivity index (χ4v) is 1.43. The maximum atomic E-state index is 13.5. The van der Waals surface area contributed by atoms with Gasteiger partial charge in [-0.05, 0) is 13.0 Å². The minimum Gasteiger partial charge on any atom is -0.466 e. The van der Waals surface area contributed by atoms with Gasteiger partial charge in [0.25, 0.3) is 0 Å². The number of esters is 1. The van der Waals surface area contributed by atoms with Crippen molar-refractivity contribution in [2.24, 2.45) is 0 Å². The van der Waals surface area contributed by atoms with E-state index < -0.39 is 5.82 Å². The third-order valence-electron chi connectivity index (χ3n) is 2.11. The Morgan fingerprint density at radius 3 is 2.94 bits per heavy atom. The molecule has 4 nitrogen and oxygen atoms in total. The summed E-state index contributed by atoms with van der Waals surface area (Å²) in [5.41, 5.74) is 0. The predicted octanol–water partition coefficient (Wildman–Crippen LogP) is 2.26. The lowest BCUT2D eigenvalue weighted by molar-refractivity contribution is -0.142. The molecule has 0 saturated carbocycles. The van der Waals surface area contributed by atoms with Gasteiger partial charge >= 0.3 is 5.97 Å². The van der Waals surface area contributed by atoms with Crippen LogP contribution in [0.1, 0.15) is 13.3 Å². The van der Waals surface area contributed by atoms with Crippen LogP contribution in [0, 0.1) is 5.82 Å². The molecule has 0 aliphatic rings. The highest BCUT2D eigenvalue weighted by molar-refractivity contribution is 6.30. The zero-order valence-electron chi connectivity index (χ0n) is 9.74. The molecule has 94 valence electrons. The van der Waals surface area contributed by atoms with Gasteiger partial charge in [0, 0.05) is 19.8 Å². The molecule has 0 bridgehead atoms. The fourth-order valence-electron chi connectivity index (χ4n) is 1.29. The Morgan fingerprint density at radius 2 is 2.35 bits per heavy atom. The number of ether oxygens (including phenoxy) is 1. The number of hydrogen-bond acceptors (Lipinski definition) is 4. The zero-order valence-corrected chi connectivity index (χ0v) is 10.5. The van der Waals surface area contributed by atoms with E-state index in [0.717, 1.165) is 0 Å². The molecule has 6 heteroatoms. The second kappa shape index (κ2) is 6.39. The second-order valence-electron chi connectivity index (χ2n) is 3.44. The number of hydrogen-bond donors (Lipinski definition) is 0. The van der Waals surface area contributed by atoms with E-state index in [1.54, 1.807) is 18.9 Å². The van der Waals surface area contributed by atoms with Crippen LogP contribution in [0.4, 0.5) is 10.2 Å². The van der Waals surface area contributed by atoms with E-state index in [9.17, 15) is 9.18 Å². The SMILES string of the molecule is CCOC(=O)CCN(C)c1ncc(Cl)cc1F. The Hall–Kier alpha value is -1.36. The maximum absolute atomic E-state index is 13.5. The molecule has 0 amide bonds.